The summed E-state index contributed by atoms with van der Waals surface area (Å²) in [6.45, 7) is 2.83. The van der Waals surface area contributed by atoms with Gasteiger partial charge in [-0.25, -0.2) is 19.0 Å². The number of aliphatic hydroxyl groups is 1. The second-order valence-corrected chi connectivity index (χ2v) is 7.07. The van der Waals surface area contributed by atoms with Crippen LogP contribution in [0.1, 0.15) is 24.0 Å². The van der Waals surface area contributed by atoms with Crippen molar-refractivity contribution < 1.29 is 9.50 Å². The summed E-state index contributed by atoms with van der Waals surface area (Å²) in [6, 6.07) is 1.74. The highest BCUT2D eigenvalue weighted by Crippen LogP contribution is 2.30. The summed E-state index contributed by atoms with van der Waals surface area (Å²) in [5.74, 6) is 5.90. The van der Waals surface area contributed by atoms with E-state index in [-0.39, 0.29) is 11.8 Å². The number of fused-ring (bicyclic) bond motifs is 1. The van der Waals surface area contributed by atoms with E-state index in [0.29, 0.717) is 29.6 Å². The van der Waals surface area contributed by atoms with Crippen LogP contribution in [0.2, 0.25) is 0 Å². The Labute approximate surface area is 158 Å². The van der Waals surface area contributed by atoms with Crippen molar-refractivity contribution in [2.75, 3.05) is 17.2 Å². The number of hydrogen-bond donors (Lipinski definition) is 2. The molecule has 3 aromatic rings. The molecule has 0 radical (unpaired) electrons. The van der Waals surface area contributed by atoms with Crippen LogP contribution in [-0.2, 0) is 12.1 Å². The number of thiazole rings is 1. The zero-order valence-corrected chi connectivity index (χ0v) is 15.2. The summed E-state index contributed by atoms with van der Waals surface area (Å²) < 4.78 is 15.9. The molecule has 0 aromatic carbocycles. The standard InChI is InChI=1S/C17H16FN7OS/c1-17(26,15-20-5-8-27-15)4-3-11-9-13-24(6-2-7-25(13)23-11)14-12(18)10-21-16(19)22-14/h5,8-10,26H,2,6-7H2,1H3,(H2,19,21,22). The lowest BCUT2D eigenvalue weighted by atomic mass is 10.1. The molecule has 1 aliphatic rings. The number of aromatic nitrogens is 5. The molecular formula is C17H16FN7OS. The maximum atomic E-state index is 14.2. The van der Waals surface area contributed by atoms with Crippen LogP contribution in [0.15, 0.2) is 23.8 Å². The largest absolute Gasteiger partial charge is 0.371 e. The Hall–Kier alpha value is -3.03. The molecule has 0 aliphatic carbocycles. The average Bonchev–Trinajstić information content (AvgIpc) is 3.31. The van der Waals surface area contributed by atoms with E-state index < -0.39 is 11.4 Å². The van der Waals surface area contributed by atoms with E-state index in [2.05, 4.69) is 31.9 Å². The Morgan fingerprint density at radius 3 is 3.00 bits per heavy atom. The van der Waals surface area contributed by atoms with Crippen LogP contribution in [0, 0.1) is 17.7 Å². The predicted molar refractivity (Wildman–Crippen MR) is 98.8 cm³/mol. The Kier molecular flexibility index (Phi) is 4.25. The maximum Gasteiger partial charge on any atom is 0.222 e. The van der Waals surface area contributed by atoms with Crippen molar-refractivity contribution in [3.63, 3.8) is 0 Å². The van der Waals surface area contributed by atoms with Crippen LogP contribution in [0.3, 0.4) is 0 Å². The summed E-state index contributed by atoms with van der Waals surface area (Å²) in [5, 5.41) is 17.2. The van der Waals surface area contributed by atoms with E-state index in [0.717, 1.165) is 12.6 Å². The first-order chi connectivity index (χ1) is 12.9. The quantitative estimate of drug-likeness (QED) is 0.646. The number of anilines is 3. The second kappa shape index (κ2) is 6.61. The third kappa shape index (κ3) is 3.34. The normalized spacial score (nSPS) is 15.6. The van der Waals surface area contributed by atoms with Crippen LogP contribution in [-0.4, -0.2) is 36.4 Å². The Morgan fingerprint density at radius 2 is 2.22 bits per heavy atom. The van der Waals surface area contributed by atoms with Gasteiger partial charge in [-0.05, 0) is 19.3 Å². The van der Waals surface area contributed by atoms with E-state index in [4.69, 9.17) is 5.73 Å². The van der Waals surface area contributed by atoms with Gasteiger partial charge in [-0.3, -0.25) is 0 Å². The van der Waals surface area contributed by atoms with E-state index in [1.54, 1.807) is 34.1 Å². The third-order valence-electron chi connectivity index (χ3n) is 4.07. The van der Waals surface area contributed by atoms with Crippen molar-refractivity contribution in [3.8, 4) is 11.8 Å². The first-order valence-corrected chi connectivity index (χ1v) is 9.11. The second-order valence-electron chi connectivity index (χ2n) is 6.18. The minimum atomic E-state index is -1.37. The van der Waals surface area contributed by atoms with Gasteiger partial charge in [-0.15, -0.1) is 11.3 Å². The minimum Gasteiger partial charge on any atom is -0.371 e. The lowest BCUT2D eigenvalue weighted by Gasteiger charge is -2.28. The molecule has 0 amide bonds. The Balaban J connectivity index is 1.68. The fourth-order valence-corrected chi connectivity index (χ4v) is 3.47. The number of hydrogen-bond acceptors (Lipinski definition) is 8. The molecule has 0 spiro atoms. The van der Waals surface area contributed by atoms with Crippen molar-refractivity contribution in [1.82, 2.24) is 24.7 Å². The summed E-state index contributed by atoms with van der Waals surface area (Å²) in [7, 11) is 0. The van der Waals surface area contributed by atoms with Crippen LogP contribution in [0.25, 0.3) is 0 Å². The zero-order chi connectivity index (χ0) is 19.0. The number of rotatable bonds is 2. The van der Waals surface area contributed by atoms with Gasteiger partial charge < -0.3 is 15.7 Å². The smallest absolute Gasteiger partial charge is 0.222 e. The van der Waals surface area contributed by atoms with Gasteiger partial charge in [0.25, 0.3) is 0 Å². The maximum absolute atomic E-state index is 14.2. The average molecular weight is 385 g/mol. The van der Waals surface area contributed by atoms with E-state index >= 15 is 0 Å². The highest BCUT2D eigenvalue weighted by atomic mass is 32.1. The van der Waals surface area contributed by atoms with Crippen molar-refractivity contribution in [3.05, 3.63) is 40.4 Å². The highest BCUT2D eigenvalue weighted by Gasteiger charge is 2.25. The number of aryl methyl sites for hydroxylation is 1. The number of nitrogens with zero attached hydrogens (tertiary/aromatic N) is 6. The molecule has 10 heteroatoms. The summed E-state index contributed by atoms with van der Waals surface area (Å²) >= 11 is 1.33. The van der Waals surface area contributed by atoms with Gasteiger partial charge in [0.2, 0.25) is 5.95 Å². The van der Waals surface area contributed by atoms with Gasteiger partial charge >= 0.3 is 0 Å². The van der Waals surface area contributed by atoms with Gasteiger partial charge in [-0.2, -0.15) is 10.1 Å². The summed E-state index contributed by atoms with van der Waals surface area (Å²) in [5.41, 5.74) is 4.71. The van der Waals surface area contributed by atoms with Gasteiger partial charge in [0.05, 0.1) is 6.20 Å². The molecule has 4 rings (SSSR count). The van der Waals surface area contributed by atoms with Gasteiger partial charge in [0.15, 0.2) is 17.2 Å². The van der Waals surface area contributed by atoms with Crippen molar-refractivity contribution in [1.29, 1.82) is 0 Å². The molecule has 3 N–H and O–H groups in total. The molecule has 138 valence electrons. The summed E-state index contributed by atoms with van der Waals surface area (Å²) in [6.07, 6.45) is 3.44. The molecule has 4 heterocycles. The molecule has 0 bridgehead atoms. The molecule has 1 unspecified atom stereocenters. The molecule has 0 saturated heterocycles. The molecule has 0 saturated carbocycles. The van der Waals surface area contributed by atoms with Crippen LogP contribution < -0.4 is 10.6 Å². The van der Waals surface area contributed by atoms with Crippen LogP contribution in [0.5, 0.6) is 0 Å². The van der Waals surface area contributed by atoms with Crippen molar-refractivity contribution in [2.24, 2.45) is 0 Å². The Morgan fingerprint density at radius 1 is 1.37 bits per heavy atom. The van der Waals surface area contributed by atoms with E-state index in [9.17, 15) is 9.50 Å². The van der Waals surface area contributed by atoms with Gasteiger partial charge in [-0.1, -0.05) is 5.92 Å². The molecule has 8 nitrogen and oxygen atoms in total. The topological polar surface area (TPSA) is 106 Å². The monoisotopic (exact) mass is 385 g/mol. The van der Waals surface area contributed by atoms with Crippen molar-refractivity contribution >= 4 is 28.9 Å². The van der Waals surface area contributed by atoms with E-state index in [1.807, 2.05) is 0 Å². The molecule has 27 heavy (non-hydrogen) atoms. The van der Waals surface area contributed by atoms with Gasteiger partial charge in [0, 0.05) is 30.7 Å². The SMILES string of the molecule is CC(O)(C#Cc1cc2n(n1)CCCN2c1nc(N)ncc1F)c1nccs1. The Bertz CT molecular complexity index is 1040. The molecule has 1 aliphatic heterocycles. The number of nitrogens with two attached hydrogens (primary N) is 1. The number of halogens is 1. The van der Waals surface area contributed by atoms with Gasteiger partial charge in [0.1, 0.15) is 16.5 Å². The fourth-order valence-electron chi connectivity index (χ4n) is 2.82. The number of nitrogen functional groups attached to an aromatic ring is 1. The lowest BCUT2D eigenvalue weighted by Crippen LogP contribution is -2.29. The predicted octanol–water partition coefficient (Wildman–Crippen LogP) is 1.65. The first-order valence-electron chi connectivity index (χ1n) is 8.23. The summed E-state index contributed by atoms with van der Waals surface area (Å²) in [4.78, 5) is 13.5. The van der Waals surface area contributed by atoms with Crippen LogP contribution >= 0.6 is 11.3 Å². The van der Waals surface area contributed by atoms with E-state index in [1.165, 1.54) is 11.3 Å². The van der Waals surface area contributed by atoms with Crippen LogP contribution in [0.4, 0.5) is 22.0 Å². The zero-order valence-electron chi connectivity index (χ0n) is 14.4. The molecule has 0 fully saturated rings. The molecule has 3 aromatic heterocycles. The molecule has 1 atom stereocenters. The van der Waals surface area contributed by atoms with Crippen molar-refractivity contribution in [2.45, 2.75) is 25.5 Å². The third-order valence-corrected chi connectivity index (χ3v) is 5.05. The first kappa shape index (κ1) is 17.4. The minimum absolute atomic E-state index is 0.00236. The molecular weight excluding hydrogens is 369 g/mol. The highest BCUT2D eigenvalue weighted by molar-refractivity contribution is 7.09. The lowest BCUT2D eigenvalue weighted by molar-refractivity contribution is 0.122. The fraction of sp³-hybridized carbons (Fsp3) is 0.294.